The second-order valence-electron chi connectivity index (χ2n) is 6.99. The van der Waals surface area contributed by atoms with E-state index in [4.69, 9.17) is 9.57 Å². The summed E-state index contributed by atoms with van der Waals surface area (Å²) in [5, 5.41) is 14.8. The monoisotopic (exact) mass is 409 g/mol. The van der Waals surface area contributed by atoms with E-state index in [2.05, 4.69) is 12.1 Å². The zero-order valence-electron chi connectivity index (χ0n) is 16.2. The van der Waals surface area contributed by atoms with Crippen LogP contribution in [0.2, 0.25) is 0 Å². The van der Waals surface area contributed by atoms with Gasteiger partial charge in [-0.3, -0.25) is 19.7 Å². The molecular formula is C21H19N3O6. The van der Waals surface area contributed by atoms with Crippen LogP contribution in [-0.2, 0) is 14.4 Å². The molecule has 0 aromatic heterocycles. The number of carbonyl (C=O) groups excluding carboxylic acids is 2. The standard InChI is InChI=1S/C21H19N3O6/c1-2-3-12-29-16-10-8-14(9-11-16)23-20(25)17-18(22-30-19(17)21(23)26)13-4-6-15(7-5-13)24(27)28/h4-11,17,19H,2-3,12H2,1H3/t17-,19-/m1/s1. The molecule has 0 unspecified atom stereocenters. The lowest BCUT2D eigenvalue weighted by atomic mass is 9.94. The Hall–Kier alpha value is -3.75. The van der Waals surface area contributed by atoms with Crippen LogP contribution in [0.1, 0.15) is 25.3 Å². The molecule has 9 nitrogen and oxygen atoms in total. The van der Waals surface area contributed by atoms with Crippen molar-refractivity contribution in [3.05, 3.63) is 64.2 Å². The van der Waals surface area contributed by atoms with E-state index in [0.29, 0.717) is 23.6 Å². The van der Waals surface area contributed by atoms with Crippen molar-refractivity contribution < 1.29 is 24.1 Å². The number of benzene rings is 2. The van der Waals surface area contributed by atoms with Gasteiger partial charge in [0, 0.05) is 17.7 Å². The molecule has 1 fully saturated rings. The van der Waals surface area contributed by atoms with Gasteiger partial charge in [-0.15, -0.1) is 0 Å². The van der Waals surface area contributed by atoms with E-state index < -0.39 is 28.8 Å². The topological polar surface area (TPSA) is 111 Å². The summed E-state index contributed by atoms with van der Waals surface area (Å²) in [6.45, 7) is 2.68. The highest BCUT2D eigenvalue weighted by Crippen LogP contribution is 2.35. The Bertz CT molecular complexity index is 1020. The molecule has 30 heavy (non-hydrogen) atoms. The number of oxime groups is 1. The number of rotatable bonds is 7. The zero-order valence-corrected chi connectivity index (χ0v) is 16.2. The Morgan fingerprint density at radius 1 is 1.10 bits per heavy atom. The highest BCUT2D eigenvalue weighted by Gasteiger charge is 2.56. The first-order valence-corrected chi connectivity index (χ1v) is 9.60. The zero-order chi connectivity index (χ0) is 21.3. The second-order valence-corrected chi connectivity index (χ2v) is 6.99. The third kappa shape index (κ3) is 3.38. The van der Waals surface area contributed by atoms with Crippen LogP contribution in [-0.4, -0.2) is 35.2 Å². The molecule has 2 heterocycles. The lowest BCUT2D eigenvalue weighted by Crippen LogP contribution is -2.33. The molecule has 1 saturated heterocycles. The first-order valence-electron chi connectivity index (χ1n) is 9.60. The van der Waals surface area contributed by atoms with Gasteiger partial charge >= 0.3 is 0 Å². The number of hydrogen-bond donors (Lipinski definition) is 0. The van der Waals surface area contributed by atoms with E-state index in [1.165, 1.54) is 24.3 Å². The van der Waals surface area contributed by atoms with Gasteiger partial charge in [-0.05, 0) is 42.8 Å². The van der Waals surface area contributed by atoms with Gasteiger partial charge in [-0.1, -0.05) is 18.5 Å². The quantitative estimate of drug-likeness (QED) is 0.301. The number of nitrogens with zero attached hydrogens (tertiary/aromatic N) is 3. The highest BCUT2D eigenvalue weighted by molar-refractivity contribution is 6.32. The average molecular weight is 409 g/mol. The van der Waals surface area contributed by atoms with Gasteiger partial charge in [0.15, 0.2) is 0 Å². The maximum Gasteiger partial charge on any atom is 0.278 e. The van der Waals surface area contributed by atoms with Crippen molar-refractivity contribution in [3.8, 4) is 5.75 Å². The molecule has 2 amide bonds. The molecule has 2 atom stereocenters. The Kier molecular flexibility index (Phi) is 5.18. The predicted octanol–water partition coefficient (Wildman–Crippen LogP) is 3.07. The summed E-state index contributed by atoms with van der Waals surface area (Å²) in [6.07, 6.45) is 0.926. The minimum Gasteiger partial charge on any atom is -0.494 e. The SMILES string of the molecule is CCCCOc1ccc(N2C(=O)[C@@H]3C(c4ccc([N+](=O)[O-])cc4)=NO[C@H]3C2=O)cc1. The summed E-state index contributed by atoms with van der Waals surface area (Å²) in [4.78, 5) is 42.5. The van der Waals surface area contributed by atoms with Crippen molar-refractivity contribution in [2.24, 2.45) is 11.1 Å². The van der Waals surface area contributed by atoms with Gasteiger partial charge in [0.25, 0.3) is 11.6 Å². The normalized spacial score (nSPS) is 20.0. The Morgan fingerprint density at radius 3 is 2.43 bits per heavy atom. The van der Waals surface area contributed by atoms with Crippen LogP contribution < -0.4 is 9.64 Å². The van der Waals surface area contributed by atoms with Crippen molar-refractivity contribution in [2.45, 2.75) is 25.9 Å². The molecule has 0 N–H and O–H groups in total. The van der Waals surface area contributed by atoms with E-state index in [1.54, 1.807) is 24.3 Å². The number of imide groups is 1. The van der Waals surface area contributed by atoms with Crippen molar-refractivity contribution in [2.75, 3.05) is 11.5 Å². The minimum absolute atomic E-state index is 0.0773. The third-order valence-electron chi connectivity index (χ3n) is 5.05. The molecule has 2 aliphatic rings. The minimum atomic E-state index is -1.04. The molecule has 0 saturated carbocycles. The van der Waals surface area contributed by atoms with Crippen molar-refractivity contribution in [1.82, 2.24) is 0 Å². The molecule has 4 rings (SSSR count). The second kappa shape index (κ2) is 7.94. The van der Waals surface area contributed by atoms with Crippen LogP contribution in [0.4, 0.5) is 11.4 Å². The summed E-state index contributed by atoms with van der Waals surface area (Å²) >= 11 is 0. The number of amides is 2. The Labute approximate surface area is 172 Å². The van der Waals surface area contributed by atoms with E-state index in [1.807, 2.05) is 0 Å². The number of anilines is 1. The Morgan fingerprint density at radius 2 is 1.80 bits per heavy atom. The van der Waals surface area contributed by atoms with Gasteiger partial charge in [0.2, 0.25) is 12.0 Å². The van der Waals surface area contributed by atoms with E-state index >= 15 is 0 Å². The fourth-order valence-electron chi connectivity index (χ4n) is 3.45. The fraction of sp³-hybridized carbons (Fsp3) is 0.286. The number of fused-ring (bicyclic) bond motifs is 1. The molecule has 2 aliphatic heterocycles. The number of unbranched alkanes of at least 4 members (excludes halogenated alkanes) is 1. The molecule has 154 valence electrons. The largest absolute Gasteiger partial charge is 0.494 e. The summed E-state index contributed by atoms with van der Waals surface area (Å²) in [6, 6.07) is 12.4. The van der Waals surface area contributed by atoms with Crippen LogP contribution in [0.25, 0.3) is 0 Å². The molecular weight excluding hydrogens is 390 g/mol. The lowest BCUT2D eigenvalue weighted by Gasteiger charge is -2.16. The van der Waals surface area contributed by atoms with Crippen molar-refractivity contribution >= 4 is 28.9 Å². The molecule has 0 radical (unpaired) electrons. The number of hydrogen-bond acceptors (Lipinski definition) is 7. The van der Waals surface area contributed by atoms with E-state index in [-0.39, 0.29) is 11.4 Å². The number of carbonyl (C=O) groups is 2. The Balaban J connectivity index is 1.54. The first-order chi connectivity index (χ1) is 14.5. The smallest absolute Gasteiger partial charge is 0.278 e. The molecule has 2 aromatic rings. The molecule has 0 bridgehead atoms. The molecule has 0 aliphatic carbocycles. The average Bonchev–Trinajstić information content (AvgIpc) is 3.29. The number of nitro groups is 1. The van der Waals surface area contributed by atoms with Crippen LogP contribution in [0.5, 0.6) is 5.75 Å². The van der Waals surface area contributed by atoms with Gasteiger partial charge in [-0.25, -0.2) is 4.90 Å². The van der Waals surface area contributed by atoms with Gasteiger partial charge in [0.1, 0.15) is 17.4 Å². The lowest BCUT2D eigenvalue weighted by molar-refractivity contribution is -0.384. The van der Waals surface area contributed by atoms with Crippen LogP contribution in [0, 0.1) is 16.0 Å². The summed E-state index contributed by atoms with van der Waals surface area (Å²) in [5.41, 5.74) is 1.13. The van der Waals surface area contributed by atoms with Crippen LogP contribution in [0.3, 0.4) is 0 Å². The molecule has 9 heteroatoms. The number of non-ortho nitro benzene ring substituents is 1. The van der Waals surface area contributed by atoms with Gasteiger partial charge < -0.3 is 9.57 Å². The molecule has 0 spiro atoms. The summed E-state index contributed by atoms with van der Waals surface area (Å²) in [7, 11) is 0. The predicted molar refractivity (Wildman–Crippen MR) is 107 cm³/mol. The van der Waals surface area contributed by atoms with Crippen molar-refractivity contribution in [1.29, 1.82) is 0 Å². The fourth-order valence-corrected chi connectivity index (χ4v) is 3.45. The van der Waals surface area contributed by atoms with Crippen LogP contribution >= 0.6 is 0 Å². The summed E-state index contributed by atoms with van der Waals surface area (Å²) in [5.74, 6) is -1.17. The van der Waals surface area contributed by atoms with Gasteiger partial charge in [-0.2, -0.15) is 0 Å². The van der Waals surface area contributed by atoms with E-state index in [9.17, 15) is 19.7 Å². The van der Waals surface area contributed by atoms with Crippen LogP contribution in [0.15, 0.2) is 53.7 Å². The van der Waals surface area contributed by atoms with Crippen molar-refractivity contribution in [3.63, 3.8) is 0 Å². The summed E-state index contributed by atoms with van der Waals surface area (Å²) < 4.78 is 5.61. The van der Waals surface area contributed by atoms with E-state index in [0.717, 1.165) is 17.7 Å². The van der Waals surface area contributed by atoms with Gasteiger partial charge in [0.05, 0.1) is 17.2 Å². The molecule has 2 aromatic carbocycles. The number of nitro benzene ring substituents is 1. The first kappa shape index (κ1) is 19.6. The highest BCUT2D eigenvalue weighted by atomic mass is 16.7. The maximum atomic E-state index is 13.1. The number of ether oxygens (including phenoxy) is 1. The maximum absolute atomic E-state index is 13.1. The third-order valence-corrected chi connectivity index (χ3v) is 5.05.